The minimum Gasteiger partial charge on any atom is -0.507 e. The lowest BCUT2D eigenvalue weighted by Gasteiger charge is -2.20. The molecule has 0 aliphatic carbocycles. The van der Waals surface area contributed by atoms with E-state index in [0.29, 0.717) is 29.4 Å². The third-order valence-electron chi connectivity index (χ3n) is 4.10. The highest BCUT2D eigenvalue weighted by molar-refractivity contribution is 7.89. The van der Waals surface area contributed by atoms with Crippen LogP contribution >= 0.6 is 11.6 Å². The summed E-state index contributed by atoms with van der Waals surface area (Å²) in [5.74, 6) is 0.0430. The second-order valence-electron chi connectivity index (χ2n) is 6.10. The Labute approximate surface area is 165 Å². The van der Waals surface area contributed by atoms with E-state index in [4.69, 9.17) is 11.6 Å². The van der Waals surface area contributed by atoms with Crippen LogP contribution in [0.25, 0.3) is 0 Å². The maximum atomic E-state index is 12.8. The molecule has 2 rings (SSSR count). The lowest BCUT2D eigenvalue weighted by Crippen LogP contribution is -2.30. The van der Waals surface area contributed by atoms with Gasteiger partial charge in [-0.2, -0.15) is 4.31 Å². The highest BCUT2D eigenvalue weighted by Gasteiger charge is 2.22. The molecule has 2 aromatic carbocycles. The van der Waals surface area contributed by atoms with Crippen LogP contribution in [0.3, 0.4) is 0 Å². The molecular weight excluding hydrogens is 386 g/mol. The Kier molecular flexibility index (Phi) is 6.86. The molecule has 0 radical (unpaired) electrons. The maximum absolute atomic E-state index is 12.8. The fourth-order valence-electron chi connectivity index (χ4n) is 2.63. The summed E-state index contributed by atoms with van der Waals surface area (Å²) in [7, 11) is 0.108. The first-order valence-corrected chi connectivity index (χ1v) is 10.4. The summed E-state index contributed by atoms with van der Waals surface area (Å²) in [4.78, 5) is 6.44. The number of aliphatic imine (C=N–C) groups is 1. The molecule has 0 atom stereocenters. The van der Waals surface area contributed by atoms with Crippen LogP contribution in [0, 0.1) is 0 Å². The summed E-state index contributed by atoms with van der Waals surface area (Å²) in [6.07, 6.45) is 1.47. The van der Waals surface area contributed by atoms with Crippen molar-refractivity contribution in [2.45, 2.75) is 18.7 Å². The minimum atomic E-state index is -3.59. The molecule has 1 N–H and O–H groups in total. The molecule has 27 heavy (non-hydrogen) atoms. The van der Waals surface area contributed by atoms with E-state index >= 15 is 0 Å². The van der Waals surface area contributed by atoms with Crippen LogP contribution < -0.4 is 4.90 Å². The van der Waals surface area contributed by atoms with Gasteiger partial charge in [0.2, 0.25) is 10.0 Å². The second kappa shape index (κ2) is 8.73. The van der Waals surface area contributed by atoms with Gasteiger partial charge < -0.3 is 10.0 Å². The Bertz CT molecular complexity index is 939. The molecule has 6 nitrogen and oxygen atoms in total. The van der Waals surface area contributed by atoms with Crippen molar-refractivity contribution < 1.29 is 13.5 Å². The summed E-state index contributed by atoms with van der Waals surface area (Å²) in [5.41, 5.74) is 1.68. The van der Waals surface area contributed by atoms with Crippen molar-refractivity contribution in [2.24, 2.45) is 4.99 Å². The topological polar surface area (TPSA) is 73.2 Å². The Balaban J connectivity index is 2.54. The van der Waals surface area contributed by atoms with Crippen molar-refractivity contribution in [1.29, 1.82) is 0 Å². The molecule has 0 amide bonds. The lowest BCUT2D eigenvalue weighted by atomic mass is 10.2. The molecule has 0 aromatic heterocycles. The summed E-state index contributed by atoms with van der Waals surface area (Å²) in [6, 6.07) is 9.50. The SMILES string of the molecule is CCN(CC)S(=O)(=O)c1ccc(N(C)C)c(N=Cc2cc(Cl)ccc2O)c1. The van der Waals surface area contributed by atoms with Crippen molar-refractivity contribution in [3.8, 4) is 5.75 Å². The molecule has 0 saturated carbocycles. The number of halogens is 1. The van der Waals surface area contributed by atoms with E-state index < -0.39 is 10.0 Å². The molecule has 146 valence electrons. The van der Waals surface area contributed by atoms with E-state index in [2.05, 4.69) is 4.99 Å². The molecule has 8 heteroatoms. The zero-order valence-corrected chi connectivity index (χ0v) is 17.4. The van der Waals surface area contributed by atoms with Gasteiger partial charge in [-0.1, -0.05) is 25.4 Å². The molecule has 0 bridgehead atoms. The second-order valence-corrected chi connectivity index (χ2v) is 8.47. The van der Waals surface area contributed by atoms with Gasteiger partial charge in [0.25, 0.3) is 0 Å². The van der Waals surface area contributed by atoms with Gasteiger partial charge in [-0.15, -0.1) is 0 Å². The molecule has 0 heterocycles. The number of sulfonamides is 1. The van der Waals surface area contributed by atoms with Crippen molar-refractivity contribution in [2.75, 3.05) is 32.1 Å². The van der Waals surface area contributed by atoms with Gasteiger partial charge in [0.15, 0.2) is 0 Å². The van der Waals surface area contributed by atoms with E-state index in [-0.39, 0.29) is 10.6 Å². The molecule has 0 aliphatic heterocycles. The van der Waals surface area contributed by atoms with E-state index in [0.717, 1.165) is 5.69 Å². The Morgan fingerprint density at radius 1 is 1.11 bits per heavy atom. The highest BCUT2D eigenvalue weighted by atomic mass is 35.5. The molecule has 0 saturated heterocycles. The Hall–Kier alpha value is -2.09. The van der Waals surface area contributed by atoms with Gasteiger partial charge in [-0.05, 0) is 36.4 Å². The van der Waals surface area contributed by atoms with Crippen molar-refractivity contribution in [3.05, 3.63) is 47.0 Å². The number of rotatable bonds is 7. The highest BCUT2D eigenvalue weighted by Crippen LogP contribution is 2.32. The maximum Gasteiger partial charge on any atom is 0.243 e. The Morgan fingerprint density at radius 2 is 1.78 bits per heavy atom. The van der Waals surface area contributed by atoms with Gasteiger partial charge in [-0.25, -0.2) is 8.42 Å². The molecule has 0 fully saturated rings. The normalized spacial score (nSPS) is 12.1. The summed E-state index contributed by atoms with van der Waals surface area (Å²) in [6.45, 7) is 4.39. The van der Waals surface area contributed by atoms with Gasteiger partial charge in [0.1, 0.15) is 5.75 Å². The van der Waals surface area contributed by atoms with Gasteiger partial charge >= 0.3 is 0 Å². The molecule has 2 aromatic rings. The zero-order valence-electron chi connectivity index (χ0n) is 15.8. The van der Waals surface area contributed by atoms with Crippen molar-refractivity contribution in [1.82, 2.24) is 4.31 Å². The quantitative estimate of drug-likeness (QED) is 0.704. The van der Waals surface area contributed by atoms with Crippen LogP contribution in [-0.4, -0.2) is 51.2 Å². The fourth-order valence-corrected chi connectivity index (χ4v) is 4.28. The number of anilines is 1. The van der Waals surface area contributed by atoms with E-state index in [1.807, 2.05) is 19.0 Å². The van der Waals surface area contributed by atoms with Crippen LogP contribution in [0.15, 0.2) is 46.3 Å². The predicted octanol–water partition coefficient (Wildman–Crippen LogP) is 3.89. The summed E-state index contributed by atoms with van der Waals surface area (Å²) in [5, 5.41) is 10.4. The first-order chi connectivity index (χ1) is 12.7. The van der Waals surface area contributed by atoms with Crippen LogP contribution in [0.5, 0.6) is 5.75 Å². The number of phenolic OH excluding ortho intramolecular Hbond substituents is 1. The average Bonchev–Trinajstić information content (AvgIpc) is 2.62. The molecule has 0 unspecified atom stereocenters. The van der Waals surface area contributed by atoms with Gasteiger partial charge in [0, 0.05) is 44.0 Å². The standard InChI is InChI=1S/C19H24ClN3O3S/c1-5-23(6-2)27(25,26)16-8-9-18(22(3)4)17(12-16)21-13-14-11-15(20)7-10-19(14)24/h7-13,24H,5-6H2,1-4H3. The summed E-state index contributed by atoms with van der Waals surface area (Å²) >= 11 is 5.97. The smallest absolute Gasteiger partial charge is 0.243 e. The first-order valence-electron chi connectivity index (χ1n) is 8.54. The monoisotopic (exact) mass is 409 g/mol. The van der Waals surface area contributed by atoms with Crippen molar-refractivity contribution >= 4 is 39.2 Å². The Morgan fingerprint density at radius 3 is 2.37 bits per heavy atom. The average molecular weight is 410 g/mol. The minimum absolute atomic E-state index is 0.0430. The zero-order chi connectivity index (χ0) is 20.2. The fraction of sp³-hybridized carbons (Fsp3) is 0.316. The van der Waals surface area contributed by atoms with Gasteiger partial charge in [0.05, 0.1) is 16.3 Å². The van der Waals surface area contributed by atoms with Crippen molar-refractivity contribution in [3.63, 3.8) is 0 Å². The molecule has 0 spiro atoms. The predicted molar refractivity (Wildman–Crippen MR) is 111 cm³/mol. The number of hydrogen-bond donors (Lipinski definition) is 1. The summed E-state index contributed by atoms with van der Waals surface area (Å²) < 4.78 is 27.0. The van der Waals surface area contributed by atoms with Crippen LogP contribution in [0.2, 0.25) is 5.02 Å². The van der Waals surface area contributed by atoms with Crippen LogP contribution in [0.1, 0.15) is 19.4 Å². The largest absolute Gasteiger partial charge is 0.507 e. The number of phenols is 1. The number of hydrogen-bond acceptors (Lipinski definition) is 5. The molecular formula is C19H24ClN3O3S. The molecule has 0 aliphatic rings. The third-order valence-corrected chi connectivity index (χ3v) is 6.39. The number of aromatic hydroxyl groups is 1. The van der Waals surface area contributed by atoms with E-state index in [9.17, 15) is 13.5 Å². The lowest BCUT2D eigenvalue weighted by molar-refractivity contribution is 0.445. The third kappa shape index (κ3) is 4.80. The van der Waals surface area contributed by atoms with Gasteiger partial charge in [-0.3, -0.25) is 4.99 Å². The van der Waals surface area contributed by atoms with Crippen LogP contribution in [-0.2, 0) is 10.0 Å². The van der Waals surface area contributed by atoms with E-state index in [1.165, 1.54) is 16.6 Å². The van der Waals surface area contributed by atoms with E-state index in [1.54, 1.807) is 44.2 Å². The van der Waals surface area contributed by atoms with Crippen LogP contribution in [0.4, 0.5) is 11.4 Å². The number of benzene rings is 2. The number of nitrogens with zero attached hydrogens (tertiary/aromatic N) is 3. The first kappa shape index (κ1) is 21.2.